The lowest BCUT2D eigenvalue weighted by molar-refractivity contribution is 0.394. The van der Waals surface area contributed by atoms with Crippen LogP contribution in [-0.2, 0) is 16.6 Å². The van der Waals surface area contributed by atoms with E-state index >= 15 is 0 Å². The zero-order valence-corrected chi connectivity index (χ0v) is 18.2. The largest absolute Gasteiger partial charge is 0.497 e. The number of rotatable bonds is 7. The second-order valence-corrected chi connectivity index (χ2v) is 8.81. The highest BCUT2D eigenvalue weighted by molar-refractivity contribution is 7.92. The summed E-state index contributed by atoms with van der Waals surface area (Å²) in [6, 6.07) is 16.2. The zero-order chi connectivity index (χ0) is 21.9. The van der Waals surface area contributed by atoms with E-state index in [0.29, 0.717) is 22.7 Å². The van der Waals surface area contributed by atoms with Crippen LogP contribution in [0.25, 0.3) is 0 Å². The summed E-state index contributed by atoms with van der Waals surface area (Å²) in [4.78, 5) is -0.0862. The van der Waals surface area contributed by atoms with E-state index in [9.17, 15) is 12.8 Å². The summed E-state index contributed by atoms with van der Waals surface area (Å²) in [6.07, 6.45) is 0. The van der Waals surface area contributed by atoms with Gasteiger partial charge in [0.05, 0.1) is 31.3 Å². The van der Waals surface area contributed by atoms with Crippen molar-refractivity contribution in [2.45, 2.75) is 25.3 Å². The van der Waals surface area contributed by atoms with Crippen molar-refractivity contribution in [1.29, 1.82) is 0 Å². The molecule has 0 unspecified atom stereocenters. The predicted molar refractivity (Wildman–Crippen MR) is 115 cm³/mol. The van der Waals surface area contributed by atoms with Crippen LogP contribution in [-0.4, -0.2) is 22.6 Å². The fourth-order valence-electron chi connectivity index (χ4n) is 3.20. The Morgan fingerprint density at radius 3 is 2.17 bits per heavy atom. The van der Waals surface area contributed by atoms with Crippen molar-refractivity contribution in [3.8, 4) is 11.5 Å². The minimum absolute atomic E-state index is 0.0658. The Bertz CT molecular complexity index is 1140. The molecular formula is C23H24FNO4S. The molecule has 0 heterocycles. The molecule has 3 aromatic carbocycles. The molecule has 0 N–H and O–H groups in total. The number of halogens is 1. The maximum absolute atomic E-state index is 13.9. The molecule has 5 nitrogen and oxygen atoms in total. The van der Waals surface area contributed by atoms with Gasteiger partial charge >= 0.3 is 0 Å². The van der Waals surface area contributed by atoms with E-state index < -0.39 is 15.8 Å². The Morgan fingerprint density at radius 1 is 0.900 bits per heavy atom. The second kappa shape index (κ2) is 8.75. The normalized spacial score (nSPS) is 11.2. The molecule has 0 saturated heterocycles. The summed E-state index contributed by atoms with van der Waals surface area (Å²) < 4.78 is 53.2. The number of anilines is 1. The van der Waals surface area contributed by atoms with Gasteiger partial charge < -0.3 is 9.47 Å². The Labute approximate surface area is 176 Å². The maximum Gasteiger partial charge on any atom is 0.264 e. The van der Waals surface area contributed by atoms with Crippen molar-refractivity contribution in [2.24, 2.45) is 0 Å². The fraction of sp³-hybridized carbons (Fsp3) is 0.217. The monoisotopic (exact) mass is 429 g/mol. The second-order valence-electron chi connectivity index (χ2n) is 6.98. The molecule has 0 aromatic heterocycles. The van der Waals surface area contributed by atoms with Crippen LogP contribution < -0.4 is 13.8 Å². The molecule has 0 aliphatic heterocycles. The van der Waals surface area contributed by atoms with Gasteiger partial charge in [-0.15, -0.1) is 0 Å². The van der Waals surface area contributed by atoms with Crippen molar-refractivity contribution < 1.29 is 22.3 Å². The Balaban J connectivity index is 2.20. The molecule has 3 aromatic rings. The summed E-state index contributed by atoms with van der Waals surface area (Å²) >= 11 is 0. The van der Waals surface area contributed by atoms with Gasteiger partial charge in [0.25, 0.3) is 10.0 Å². The van der Waals surface area contributed by atoms with Crippen LogP contribution in [0.15, 0.2) is 65.6 Å². The van der Waals surface area contributed by atoms with Gasteiger partial charge in [-0.25, -0.2) is 12.8 Å². The number of aryl methyl sites for hydroxylation is 2. The van der Waals surface area contributed by atoms with E-state index in [0.717, 1.165) is 17.2 Å². The third-order valence-corrected chi connectivity index (χ3v) is 6.67. The first-order valence-corrected chi connectivity index (χ1v) is 10.8. The molecule has 0 atom stereocenters. The third kappa shape index (κ3) is 4.57. The minimum Gasteiger partial charge on any atom is -0.497 e. The lowest BCUT2D eigenvalue weighted by atomic mass is 10.1. The predicted octanol–water partition coefficient (Wildman–Crippen LogP) is 4.86. The smallest absolute Gasteiger partial charge is 0.264 e. The lowest BCUT2D eigenvalue weighted by Crippen LogP contribution is -2.31. The van der Waals surface area contributed by atoms with E-state index in [2.05, 4.69) is 0 Å². The molecule has 0 aliphatic rings. The number of hydrogen-bond donors (Lipinski definition) is 0. The van der Waals surface area contributed by atoms with Crippen molar-refractivity contribution in [2.75, 3.05) is 18.5 Å². The van der Waals surface area contributed by atoms with Crippen molar-refractivity contribution in [3.63, 3.8) is 0 Å². The van der Waals surface area contributed by atoms with E-state index in [-0.39, 0.29) is 11.4 Å². The summed E-state index contributed by atoms with van der Waals surface area (Å²) in [5.41, 5.74) is 2.63. The van der Waals surface area contributed by atoms with Gasteiger partial charge in [0.2, 0.25) is 0 Å². The zero-order valence-electron chi connectivity index (χ0n) is 17.3. The highest BCUT2D eigenvalue weighted by Crippen LogP contribution is 2.34. The molecule has 0 bridgehead atoms. The molecule has 0 aliphatic carbocycles. The average Bonchev–Trinajstić information content (AvgIpc) is 2.73. The summed E-state index contributed by atoms with van der Waals surface area (Å²) in [6.45, 7) is 3.65. The van der Waals surface area contributed by atoms with Crippen LogP contribution in [0.4, 0.5) is 10.1 Å². The fourth-order valence-corrected chi connectivity index (χ4v) is 4.87. The van der Waals surface area contributed by atoms with Crippen LogP contribution in [0.5, 0.6) is 11.5 Å². The molecule has 0 spiro atoms. The number of methoxy groups -OCH3 is 2. The molecule has 7 heteroatoms. The molecule has 0 radical (unpaired) electrons. The first-order valence-electron chi connectivity index (χ1n) is 9.32. The van der Waals surface area contributed by atoms with E-state index in [4.69, 9.17) is 9.47 Å². The molecule has 158 valence electrons. The molecular weight excluding hydrogens is 405 g/mol. The van der Waals surface area contributed by atoms with Crippen molar-refractivity contribution in [1.82, 2.24) is 0 Å². The van der Waals surface area contributed by atoms with Crippen LogP contribution in [0, 0.1) is 19.7 Å². The first kappa shape index (κ1) is 21.6. The summed E-state index contributed by atoms with van der Waals surface area (Å²) in [5.74, 6) is 0.285. The Hall–Kier alpha value is -3.06. The van der Waals surface area contributed by atoms with Crippen LogP contribution >= 0.6 is 0 Å². The SMILES string of the molecule is COc1cc(OC)cc(N(Cc2cccc(C)c2)S(=O)(=O)c2cc(F)ccc2C)c1. The Kier molecular flexibility index (Phi) is 6.31. The van der Waals surface area contributed by atoms with Gasteiger partial charge in [0.1, 0.15) is 17.3 Å². The maximum atomic E-state index is 13.9. The number of nitrogens with zero attached hydrogens (tertiary/aromatic N) is 1. The highest BCUT2D eigenvalue weighted by atomic mass is 32.2. The third-order valence-electron chi connectivity index (χ3n) is 4.75. The van der Waals surface area contributed by atoms with Gasteiger partial charge in [-0.3, -0.25) is 4.31 Å². The first-order chi connectivity index (χ1) is 14.2. The number of sulfonamides is 1. The molecule has 0 fully saturated rings. The van der Waals surface area contributed by atoms with E-state index in [1.165, 1.54) is 30.7 Å². The quantitative estimate of drug-likeness (QED) is 0.539. The highest BCUT2D eigenvalue weighted by Gasteiger charge is 2.28. The van der Waals surface area contributed by atoms with Crippen LogP contribution in [0.2, 0.25) is 0 Å². The molecule has 3 rings (SSSR count). The molecule has 0 amide bonds. The van der Waals surface area contributed by atoms with E-state index in [1.54, 1.807) is 25.1 Å². The number of benzene rings is 3. The van der Waals surface area contributed by atoms with Crippen molar-refractivity contribution in [3.05, 3.63) is 83.2 Å². The van der Waals surface area contributed by atoms with Crippen LogP contribution in [0.1, 0.15) is 16.7 Å². The van der Waals surface area contributed by atoms with Crippen LogP contribution in [0.3, 0.4) is 0 Å². The standard InChI is InChI=1S/C23H24FNO4S/c1-16-6-5-7-18(10-16)15-25(20-12-21(28-3)14-22(13-20)29-4)30(26,27)23-11-19(24)9-8-17(23)2/h5-14H,15H2,1-4H3. The van der Waals surface area contributed by atoms with Gasteiger partial charge in [-0.1, -0.05) is 35.9 Å². The van der Waals surface area contributed by atoms with Crippen molar-refractivity contribution >= 4 is 15.7 Å². The average molecular weight is 430 g/mol. The van der Waals surface area contributed by atoms with Gasteiger partial charge in [-0.05, 0) is 37.1 Å². The summed E-state index contributed by atoms with van der Waals surface area (Å²) in [5, 5.41) is 0. The van der Waals surface area contributed by atoms with E-state index in [1.807, 2.05) is 31.2 Å². The number of ether oxygens (including phenoxy) is 2. The molecule has 0 saturated carbocycles. The Morgan fingerprint density at radius 2 is 1.57 bits per heavy atom. The minimum atomic E-state index is -4.09. The topological polar surface area (TPSA) is 55.8 Å². The summed E-state index contributed by atoms with van der Waals surface area (Å²) in [7, 11) is -1.10. The number of hydrogen-bond acceptors (Lipinski definition) is 4. The lowest BCUT2D eigenvalue weighted by Gasteiger charge is -2.26. The van der Waals surface area contributed by atoms with Gasteiger partial charge in [0, 0.05) is 18.2 Å². The molecule has 30 heavy (non-hydrogen) atoms. The van der Waals surface area contributed by atoms with Gasteiger partial charge in [0.15, 0.2) is 0 Å². The van der Waals surface area contributed by atoms with Gasteiger partial charge in [-0.2, -0.15) is 0 Å².